The van der Waals surface area contributed by atoms with Crippen molar-refractivity contribution in [1.29, 1.82) is 0 Å². The molecular weight excluding hydrogens is 220 g/mol. The van der Waals surface area contributed by atoms with E-state index in [9.17, 15) is 0 Å². The van der Waals surface area contributed by atoms with Crippen molar-refractivity contribution in [2.24, 2.45) is 0 Å². The Morgan fingerprint density at radius 1 is 1.28 bits per heavy atom. The van der Waals surface area contributed by atoms with E-state index in [4.69, 9.17) is 0 Å². The van der Waals surface area contributed by atoms with E-state index in [1.54, 1.807) is 5.56 Å². The first-order valence-corrected chi connectivity index (χ1v) is 7.30. The number of rotatable bonds is 5. The Hall–Kier alpha value is -0.860. The number of hydrogen-bond donors (Lipinski definition) is 1. The minimum atomic E-state index is 0.682. The van der Waals surface area contributed by atoms with Crippen LogP contribution in [-0.2, 0) is 19.5 Å². The fourth-order valence-corrected chi connectivity index (χ4v) is 2.79. The molecule has 2 rings (SSSR count). The van der Waals surface area contributed by atoms with Crippen LogP contribution in [0.1, 0.15) is 43.9 Å². The first-order valence-electron chi connectivity index (χ1n) is 7.30. The van der Waals surface area contributed by atoms with E-state index in [2.05, 4.69) is 49.2 Å². The fourth-order valence-electron chi connectivity index (χ4n) is 2.79. The normalized spacial score (nSPS) is 19.8. The van der Waals surface area contributed by atoms with Crippen molar-refractivity contribution >= 4 is 0 Å². The quantitative estimate of drug-likeness (QED) is 0.804. The molecule has 1 atom stereocenters. The number of likely N-dealkylation sites (N-methyl/N-ethyl adjacent to an activating group) is 1. The van der Waals surface area contributed by atoms with Gasteiger partial charge >= 0.3 is 0 Å². The Morgan fingerprint density at radius 2 is 2.11 bits per heavy atom. The predicted molar refractivity (Wildman–Crippen MR) is 77.7 cm³/mol. The molecule has 1 heterocycles. The van der Waals surface area contributed by atoms with E-state index < -0.39 is 0 Å². The molecule has 0 fully saturated rings. The third-order valence-corrected chi connectivity index (χ3v) is 3.94. The Kier molecular flexibility index (Phi) is 4.79. The first-order chi connectivity index (χ1) is 8.74. The van der Waals surface area contributed by atoms with Crippen LogP contribution >= 0.6 is 0 Å². The van der Waals surface area contributed by atoms with Crippen molar-refractivity contribution in [3.05, 3.63) is 34.9 Å². The molecule has 0 aliphatic carbocycles. The predicted octanol–water partition coefficient (Wildman–Crippen LogP) is 2.95. The lowest BCUT2D eigenvalue weighted by molar-refractivity contribution is 0.194. The molecule has 2 nitrogen and oxygen atoms in total. The highest BCUT2D eigenvalue weighted by Crippen LogP contribution is 2.24. The minimum absolute atomic E-state index is 0.682. The summed E-state index contributed by atoms with van der Waals surface area (Å²) in [6, 6.07) is 7.70. The van der Waals surface area contributed by atoms with Gasteiger partial charge in [-0.15, -0.1) is 0 Å². The summed E-state index contributed by atoms with van der Waals surface area (Å²) in [7, 11) is 0. The maximum absolute atomic E-state index is 3.48. The molecule has 0 saturated heterocycles. The highest BCUT2D eigenvalue weighted by atomic mass is 15.1. The SMILES string of the molecule is CCCNCc1ccc2c(c1)CC(C)N(CC)C2. The molecule has 0 saturated carbocycles. The molecule has 1 aromatic rings. The molecular formula is C16H26N2. The lowest BCUT2D eigenvalue weighted by Crippen LogP contribution is -2.38. The average Bonchev–Trinajstić information content (AvgIpc) is 2.38. The molecule has 0 radical (unpaired) electrons. The number of fused-ring (bicyclic) bond motifs is 1. The molecule has 18 heavy (non-hydrogen) atoms. The second-order valence-electron chi connectivity index (χ2n) is 5.40. The highest BCUT2D eigenvalue weighted by molar-refractivity contribution is 5.34. The summed E-state index contributed by atoms with van der Waals surface area (Å²) in [6.45, 7) is 11.2. The molecule has 0 bridgehead atoms. The Labute approximate surface area is 111 Å². The van der Waals surface area contributed by atoms with Crippen LogP contribution in [0.5, 0.6) is 0 Å². The van der Waals surface area contributed by atoms with Gasteiger partial charge in [0.25, 0.3) is 0 Å². The van der Waals surface area contributed by atoms with Crippen molar-refractivity contribution in [2.45, 2.75) is 52.7 Å². The van der Waals surface area contributed by atoms with Crippen LogP contribution < -0.4 is 5.32 Å². The van der Waals surface area contributed by atoms with Crippen molar-refractivity contribution in [3.63, 3.8) is 0 Å². The summed E-state index contributed by atoms with van der Waals surface area (Å²) < 4.78 is 0. The number of nitrogens with zero attached hydrogens (tertiary/aromatic N) is 1. The van der Waals surface area contributed by atoms with Crippen molar-refractivity contribution < 1.29 is 0 Å². The van der Waals surface area contributed by atoms with Crippen LogP contribution in [0.25, 0.3) is 0 Å². The summed E-state index contributed by atoms with van der Waals surface area (Å²) in [5.41, 5.74) is 4.51. The molecule has 1 N–H and O–H groups in total. The zero-order chi connectivity index (χ0) is 13.0. The van der Waals surface area contributed by atoms with Crippen LogP contribution in [-0.4, -0.2) is 24.0 Å². The van der Waals surface area contributed by atoms with Crippen LogP contribution in [0.3, 0.4) is 0 Å². The van der Waals surface area contributed by atoms with Crippen molar-refractivity contribution in [2.75, 3.05) is 13.1 Å². The Bertz CT molecular complexity index is 387. The molecule has 100 valence electrons. The third kappa shape index (κ3) is 3.12. The van der Waals surface area contributed by atoms with Crippen LogP contribution in [0.2, 0.25) is 0 Å². The molecule has 2 heteroatoms. The standard InChI is InChI=1S/C16H26N2/c1-4-8-17-11-14-6-7-15-12-18(5-2)13(3)9-16(15)10-14/h6-7,10,13,17H,4-5,8-9,11-12H2,1-3H3. The smallest absolute Gasteiger partial charge is 0.0239 e. The van der Waals surface area contributed by atoms with Crippen molar-refractivity contribution in [1.82, 2.24) is 10.2 Å². The van der Waals surface area contributed by atoms with Crippen LogP contribution in [0.15, 0.2) is 18.2 Å². The Balaban J connectivity index is 2.06. The van der Waals surface area contributed by atoms with Crippen molar-refractivity contribution in [3.8, 4) is 0 Å². The van der Waals surface area contributed by atoms with E-state index in [-0.39, 0.29) is 0 Å². The number of nitrogens with one attached hydrogen (secondary N) is 1. The lowest BCUT2D eigenvalue weighted by Gasteiger charge is -2.34. The highest BCUT2D eigenvalue weighted by Gasteiger charge is 2.21. The van der Waals surface area contributed by atoms with E-state index >= 15 is 0 Å². The summed E-state index contributed by atoms with van der Waals surface area (Å²) in [4.78, 5) is 2.55. The molecule has 1 aromatic carbocycles. The summed E-state index contributed by atoms with van der Waals surface area (Å²) in [5, 5.41) is 3.48. The van der Waals surface area contributed by atoms with Gasteiger partial charge in [-0.2, -0.15) is 0 Å². The lowest BCUT2D eigenvalue weighted by atomic mass is 9.93. The van der Waals surface area contributed by atoms with Gasteiger partial charge in [0.1, 0.15) is 0 Å². The maximum Gasteiger partial charge on any atom is 0.0239 e. The second kappa shape index (κ2) is 6.35. The van der Waals surface area contributed by atoms with E-state index in [0.29, 0.717) is 6.04 Å². The van der Waals surface area contributed by atoms with Gasteiger partial charge < -0.3 is 5.32 Å². The molecule has 1 aliphatic rings. The van der Waals surface area contributed by atoms with E-state index in [0.717, 1.165) is 26.2 Å². The summed E-state index contributed by atoms with van der Waals surface area (Å²) in [5.74, 6) is 0. The topological polar surface area (TPSA) is 15.3 Å². The minimum Gasteiger partial charge on any atom is -0.313 e. The van der Waals surface area contributed by atoms with Gasteiger partial charge in [-0.3, -0.25) is 4.90 Å². The average molecular weight is 246 g/mol. The molecule has 0 spiro atoms. The number of hydrogen-bond acceptors (Lipinski definition) is 2. The zero-order valence-corrected chi connectivity index (χ0v) is 12.0. The molecule has 1 aliphatic heterocycles. The van der Waals surface area contributed by atoms with Crippen LogP contribution in [0, 0.1) is 0 Å². The van der Waals surface area contributed by atoms with Gasteiger partial charge in [-0.1, -0.05) is 32.0 Å². The van der Waals surface area contributed by atoms with Gasteiger partial charge in [0.05, 0.1) is 0 Å². The fraction of sp³-hybridized carbons (Fsp3) is 0.625. The van der Waals surface area contributed by atoms with Crippen LogP contribution in [0.4, 0.5) is 0 Å². The molecule has 0 amide bonds. The number of benzene rings is 1. The largest absolute Gasteiger partial charge is 0.313 e. The maximum atomic E-state index is 3.48. The molecule has 1 unspecified atom stereocenters. The van der Waals surface area contributed by atoms with Gasteiger partial charge in [0.2, 0.25) is 0 Å². The zero-order valence-electron chi connectivity index (χ0n) is 12.0. The summed E-state index contributed by atoms with van der Waals surface area (Å²) in [6.07, 6.45) is 2.40. The monoisotopic (exact) mass is 246 g/mol. The van der Waals surface area contributed by atoms with Gasteiger partial charge in [-0.05, 0) is 49.5 Å². The van der Waals surface area contributed by atoms with Gasteiger partial charge in [-0.25, -0.2) is 0 Å². The van der Waals surface area contributed by atoms with Gasteiger partial charge in [0, 0.05) is 19.1 Å². The van der Waals surface area contributed by atoms with Gasteiger partial charge in [0.15, 0.2) is 0 Å². The molecule has 0 aromatic heterocycles. The first kappa shape index (κ1) is 13.6. The van der Waals surface area contributed by atoms with E-state index in [1.807, 2.05) is 0 Å². The Morgan fingerprint density at radius 3 is 2.83 bits per heavy atom. The third-order valence-electron chi connectivity index (χ3n) is 3.94. The second-order valence-corrected chi connectivity index (χ2v) is 5.40. The van der Waals surface area contributed by atoms with E-state index in [1.165, 1.54) is 24.0 Å². The summed E-state index contributed by atoms with van der Waals surface area (Å²) >= 11 is 0.